The second-order valence-corrected chi connectivity index (χ2v) is 5.69. The molecular formula is C17H19N3O3. The Morgan fingerprint density at radius 1 is 1.26 bits per heavy atom. The molecule has 1 aliphatic heterocycles. The van der Waals surface area contributed by atoms with Crippen molar-refractivity contribution in [3.63, 3.8) is 0 Å². The number of nitro groups is 1. The fraction of sp³-hybridized carbons (Fsp3) is 0.353. The smallest absolute Gasteiger partial charge is 0.290 e. The number of anilines is 1. The van der Waals surface area contributed by atoms with Crippen LogP contribution in [0.1, 0.15) is 30.2 Å². The summed E-state index contributed by atoms with van der Waals surface area (Å²) in [5.74, 6) is 0.673. The molecular weight excluding hydrogens is 294 g/mol. The first-order valence-corrected chi connectivity index (χ1v) is 7.68. The van der Waals surface area contributed by atoms with Crippen molar-refractivity contribution >= 4 is 11.5 Å². The molecule has 0 spiro atoms. The fourth-order valence-electron chi connectivity index (χ4n) is 2.86. The van der Waals surface area contributed by atoms with E-state index in [-0.39, 0.29) is 17.8 Å². The molecule has 0 saturated carbocycles. The van der Waals surface area contributed by atoms with E-state index in [1.165, 1.54) is 11.6 Å². The van der Waals surface area contributed by atoms with Crippen LogP contribution in [0.3, 0.4) is 0 Å². The SMILES string of the molecule is Cc1nc(NC2CCOC(c3ccccc3)C2)ccc1[N+](=O)[O-]. The zero-order valence-electron chi connectivity index (χ0n) is 12.9. The van der Waals surface area contributed by atoms with Crippen molar-refractivity contribution in [1.82, 2.24) is 4.98 Å². The van der Waals surface area contributed by atoms with Crippen LogP contribution in [0.15, 0.2) is 42.5 Å². The second-order valence-electron chi connectivity index (χ2n) is 5.69. The zero-order chi connectivity index (χ0) is 16.2. The lowest BCUT2D eigenvalue weighted by molar-refractivity contribution is -0.385. The van der Waals surface area contributed by atoms with E-state index in [0.717, 1.165) is 12.8 Å². The van der Waals surface area contributed by atoms with E-state index < -0.39 is 4.92 Å². The van der Waals surface area contributed by atoms with Crippen LogP contribution in [0.25, 0.3) is 0 Å². The van der Waals surface area contributed by atoms with E-state index in [2.05, 4.69) is 22.4 Å². The molecule has 1 N–H and O–H groups in total. The molecule has 3 rings (SSSR count). The molecule has 120 valence electrons. The Kier molecular flexibility index (Phi) is 4.52. The molecule has 1 aromatic heterocycles. The van der Waals surface area contributed by atoms with Crippen molar-refractivity contribution in [1.29, 1.82) is 0 Å². The summed E-state index contributed by atoms with van der Waals surface area (Å²) >= 11 is 0. The minimum absolute atomic E-state index is 0.0460. The average molecular weight is 313 g/mol. The van der Waals surface area contributed by atoms with Gasteiger partial charge in [-0.25, -0.2) is 4.98 Å². The van der Waals surface area contributed by atoms with Gasteiger partial charge in [0.05, 0.1) is 11.0 Å². The van der Waals surface area contributed by atoms with Crippen LogP contribution in [0.5, 0.6) is 0 Å². The number of hydrogen-bond donors (Lipinski definition) is 1. The Labute approximate surface area is 134 Å². The summed E-state index contributed by atoms with van der Waals surface area (Å²) in [5, 5.41) is 14.2. The summed E-state index contributed by atoms with van der Waals surface area (Å²) in [6.45, 7) is 2.34. The molecule has 6 heteroatoms. The van der Waals surface area contributed by atoms with Gasteiger partial charge in [-0.2, -0.15) is 0 Å². The van der Waals surface area contributed by atoms with E-state index >= 15 is 0 Å². The zero-order valence-corrected chi connectivity index (χ0v) is 12.9. The van der Waals surface area contributed by atoms with E-state index in [1.807, 2.05) is 18.2 Å². The molecule has 23 heavy (non-hydrogen) atoms. The molecule has 2 unspecified atom stereocenters. The monoisotopic (exact) mass is 313 g/mol. The first kappa shape index (κ1) is 15.4. The van der Waals surface area contributed by atoms with Crippen molar-refractivity contribution in [3.05, 3.63) is 63.8 Å². The first-order valence-electron chi connectivity index (χ1n) is 7.68. The molecule has 1 aliphatic rings. The highest BCUT2D eigenvalue weighted by Crippen LogP contribution is 2.29. The predicted octanol–water partition coefficient (Wildman–Crippen LogP) is 3.63. The van der Waals surface area contributed by atoms with E-state index in [4.69, 9.17) is 4.74 Å². The number of pyridine rings is 1. The number of ether oxygens (including phenoxy) is 1. The van der Waals surface area contributed by atoms with Crippen LogP contribution in [0.2, 0.25) is 0 Å². The minimum atomic E-state index is -0.411. The molecule has 1 aromatic carbocycles. The molecule has 1 saturated heterocycles. The van der Waals surface area contributed by atoms with Gasteiger partial charge >= 0.3 is 0 Å². The summed E-state index contributed by atoms with van der Waals surface area (Å²) in [7, 11) is 0. The van der Waals surface area contributed by atoms with Gasteiger partial charge in [0.2, 0.25) is 0 Å². The highest BCUT2D eigenvalue weighted by molar-refractivity contribution is 5.45. The van der Waals surface area contributed by atoms with Crippen molar-refractivity contribution in [2.24, 2.45) is 0 Å². The molecule has 0 aliphatic carbocycles. The number of nitrogens with zero attached hydrogens (tertiary/aromatic N) is 2. The predicted molar refractivity (Wildman–Crippen MR) is 87.4 cm³/mol. The van der Waals surface area contributed by atoms with E-state index in [9.17, 15) is 10.1 Å². The standard InChI is InChI=1S/C17H19N3O3/c1-12-15(20(21)22)7-8-17(18-12)19-14-9-10-23-16(11-14)13-5-3-2-4-6-13/h2-8,14,16H,9-11H2,1H3,(H,18,19). The van der Waals surface area contributed by atoms with Gasteiger partial charge in [-0.15, -0.1) is 0 Å². The number of rotatable bonds is 4. The van der Waals surface area contributed by atoms with E-state index in [0.29, 0.717) is 18.1 Å². The van der Waals surface area contributed by atoms with Gasteiger partial charge < -0.3 is 10.1 Å². The normalized spacial score (nSPS) is 20.9. The lowest BCUT2D eigenvalue weighted by Gasteiger charge is -2.30. The lowest BCUT2D eigenvalue weighted by Crippen LogP contribution is -2.30. The molecule has 0 radical (unpaired) electrons. The van der Waals surface area contributed by atoms with Gasteiger partial charge in [0.15, 0.2) is 0 Å². The Bertz CT molecular complexity index is 691. The number of aromatic nitrogens is 1. The second kappa shape index (κ2) is 6.75. The Morgan fingerprint density at radius 3 is 2.74 bits per heavy atom. The summed E-state index contributed by atoms with van der Waals surface area (Å²) in [5.41, 5.74) is 1.64. The summed E-state index contributed by atoms with van der Waals surface area (Å²) < 4.78 is 5.86. The molecule has 2 atom stereocenters. The van der Waals surface area contributed by atoms with Crippen LogP contribution in [0, 0.1) is 17.0 Å². The van der Waals surface area contributed by atoms with E-state index in [1.54, 1.807) is 13.0 Å². The fourth-order valence-corrected chi connectivity index (χ4v) is 2.86. The Balaban J connectivity index is 1.68. The third kappa shape index (κ3) is 3.65. The van der Waals surface area contributed by atoms with Crippen molar-refractivity contribution in [3.8, 4) is 0 Å². The van der Waals surface area contributed by atoms with Crippen LogP contribution >= 0.6 is 0 Å². The third-order valence-electron chi connectivity index (χ3n) is 4.06. The third-order valence-corrected chi connectivity index (χ3v) is 4.06. The van der Waals surface area contributed by atoms with Crippen LogP contribution in [-0.2, 0) is 4.74 Å². The van der Waals surface area contributed by atoms with Crippen molar-refractivity contribution in [2.75, 3.05) is 11.9 Å². The minimum Gasteiger partial charge on any atom is -0.373 e. The van der Waals surface area contributed by atoms with Gasteiger partial charge in [-0.05, 0) is 31.4 Å². The molecule has 6 nitrogen and oxygen atoms in total. The quantitative estimate of drug-likeness (QED) is 0.689. The maximum absolute atomic E-state index is 10.9. The van der Waals surface area contributed by atoms with Gasteiger partial charge in [-0.1, -0.05) is 30.3 Å². The van der Waals surface area contributed by atoms with Crippen LogP contribution < -0.4 is 5.32 Å². The molecule has 2 aromatic rings. The summed E-state index contributed by atoms with van der Waals surface area (Å²) in [6.07, 6.45) is 1.81. The molecule has 2 heterocycles. The van der Waals surface area contributed by atoms with Crippen molar-refractivity contribution in [2.45, 2.75) is 31.9 Å². The van der Waals surface area contributed by atoms with Gasteiger partial charge in [0.25, 0.3) is 5.69 Å². The molecule has 0 bridgehead atoms. The largest absolute Gasteiger partial charge is 0.373 e. The van der Waals surface area contributed by atoms with Gasteiger partial charge in [0.1, 0.15) is 11.5 Å². The van der Waals surface area contributed by atoms with Crippen LogP contribution in [0.4, 0.5) is 11.5 Å². The van der Waals surface area contributed by atoms with Gasteiger partial charge in [0, 0.05) is 18.7 Å². The van der Waals surface area contributed by atoms with Crippen LogP contribution in [-0.4, -0.2) is 22.6 Å². The highest BCUT2D eigenvalue weighted by Gasteiger charge is 2.24. The number of hydrogen-bond acceptors (Lipinski definition) is 5. The summed E-state index contributed by atoms with van der Waals surface area (Å²) in [4.78, 5) is 14.7. The Hall–Kier alpha value is -2.47. The Morgan fingerprint density at radius 2 is 2.04 bits per heavy atom. The highest BCUT2D eigenvalue weighted by atomic mass is 16.6. The number of benzene rings is 1. The maximum Gasteiger partial charge on any atom is 0.290 e. The lowest BCUT2D eigenvalue weighted by atomic mass is 9.97. The number of nitrogens with one attached hydrogen (secondary N) is 1. The average Bonchev–Trinajstić information content (AvgIpc) is 2.56. The first-order chi connectivity index (χ1) is 11.1. The topological polar surface area (TPSA) is 77.3 Å². The van der Waals surface area contributed by atoms with Gasteiger partial charge in [-0.3, -0.25) is 10.1 Å². The number of aryl methyl sites for hydroxylation is 1. The maximum atomic E-state index is 10.9. The molecule has 0 amide bonds. The molecule has 1 fully saturated rings. The van der Waals surface area contributed by atoms with Crippen molar-refractivity contribution < 1.29 is 9.66 Å². The summed E-state index contributed by atoms with van der Waals surface area (Å²) in [6, 6.07) is 13.6.